The zero-order valence-corrected chi connectivity index (χ0v) is 24.7. The fourth-order valence-corrected chi connectivity index (χ4v) is 5.76. The average Bonchev–Trinajstić information content (AvgIpc) is 3.53. The predicted molar refractivity (Wildman–Crippen MR) is 163 cm³/mol. The summed E-state index contributed by atoms with van der Waals surface area (Å²) in [6.45, 7) is 5.22. The summed E-state index contributed by atoms with van der Waals surface area (Å²) in [7, 11) is 1.59. The van der Waals surface area contributed by atoms with Crippen molar-refractivity contribution in [3.05, 3.63) is 102 Å². The van der Waals surface area contributed by atoms with E-state index in [1.54, 1.807) is 21.0 Å². The molecule has 5 aromatic rings. The van der Waals surface area contributed by atoms with Crippen LogP contribution in [0, 0.1) is 6.92 Å². The van der Waals surface area contributed by atoms with Gasteiger partial charge in [0.05, 0.1) is 19.6 Å². The summed E-state index contributed by atoms with van der Waals surface area (Å²) in [5.74, 6) is 0.0445. The highest BCUT2D eigenvalue weighted by molar-refractivity contribution is 8.01. The average molecular weight is 584 g/mol. The van der Waals surface area contributed by atoms with Crippen LogP contribution < -0.4 is 10.1 Å². The molecule has 0 radical (unpaired) electrons. The Balaban J connectivity index is 1.55. The third kappa shape index (κ3) is 6.18. The molecule has 1 amide bonds. The number of para-hydroxylation sites is 1. The molecule has 2 aromatic heterocycles. The van der Waals surface area contributed by atoms with E-state index in [0.29, 0.717) is 23.2 Å². The highest BCUT2D eigenvalue weighted by Crippen LogP contribution is 2.35. The Morgan fingerprint density at radius 2 is 1.71 bits per heavy atom. The third-order valence-corrected chi connectivity index (χ3v) is 8.28. The second-order valence-corrected chi connectivity index (χ2v) is 12.1. The molecule has 0 spiro atoms. The highest BCUT2D eigenvalue weighted by Gasteiger charge is 2.33. The SMILES string of the molecule is COc1ccc(-n2c(SC(C)(C)C(=O)O)nnc2[C@H](Cc2ccccc2)NC(=O)Cc2c(C)[nH]c3ccccc23)cc1. The number of aromatic amines is 1. The van der Waals surface area contributed by atoms with Crippen molar-refractivity contribution < 1.29 is 19.4 Å². The first-order valence-corrected chi connectivity index (χ1v) is 14.4. The number of hydrogen-bond acceptors (Lipinski definition) is 6. The van der Waals surface area contributed by atoms with Crippen molar-refractivity contribution in [1.29, 1.82) is 0 Å². The van der Waals surface area contributed by atoms with E-state index in [4.69, 9.17) is 4.74 Å². The maximum atomic E-state index is 13.7. The topological polar surface area (TPSA) is 122 Å². The summed E-state index contributed by atoms with van der Waals surface area (Å²) in [4.78, 5) is 29.0. The number of aliphatic carboxylic acids is 1. The van der Waals surface area contributed by atoms with Crippen LogP contribution in [-0.2, 0) is 22.4 Å². The van der Waals surface area contributed by atoms with Crippen molar-refractivity contribution in [2.75, 3.05) is 7.11 Å². The van der Waals surface area contributed by atoms with E-state index in [1.807, 2.05) is 90.4 Å². The standard InChI is InChI=1S/C32H33N5O4S/c1-20-25(24-12-8-9-13-26(24)33-20)19-28(38)34-27(18-21-10-6-5-7-11-21)29-35-36-31(42-32(2,3)30(39)40)37(29)22-14-16-23(41-4)17-15-22/h5-17,27,33H,18-19H2,1-4H3,(H,34,38)(H,39,40)/t27-/m0/s1. The Morgan fingerprint density at radius 1 is 1.02 bits per heavy atom. The monoisotopic (exact) mass is 583 g/mol. The minimum absolute atomic E-state index is 0.159. The summed E-state index contributed by atoms with van der Waals surface area (Å²) in [5.41, 5.74) is 4.61. The quantitative estimate of drug-likeness (QED) is 0.171. The van der Waals surface area contributed by atoms with E-state index in [-0.39, 0.29) is 12.3 Å². The number of aryl methyl sites for hydroxylation is 1. The van der Waals surface area contributed by atoms with Crippen molar-refractivity contribution >= 4 is 34.5 Å². The fourth-order valence-electron chi connectivity index (χ4n) is 4.84. The normalized spacial score (nSPS) is 12.3. The number of nitrogens with one attached hydrogen (secondary N) is 2. The molecule has 216 valence electrons. The van der Waals surface area contributed by atoms with Gasteiger partial charge in [-0.05, 0) is 68.7 Å². The molecule has 0 saturated heterocycles. The summed E-state index contributed by atoms with van der Waals surface area (Å²) in [6, 6.07) is 24.6. The van der Waals surface area contributed by atoms with Gasteiger partial charge in [0, 0.05) is 22.3 Å². The van der Waals surface area contributed by atoms with Crippen LogP contribution in [-0.4, -0.2) is 48.6 Å². The van der Waals surface area contributed by atoms with Crippen molar-refractivity contribution in [3.8, 4) is 11.4 Å². The van der Waals surface area contributed by atoms with Gasteiger partial charge in [-0.1, -0.05) is 60.3 Å². The van der Waals surface area contributed by atoms with Gasteiger partial charge in [-0.3, -0.25) is 14.2 Å². The molecule has 0 aliphatic heterocycles. The summed E-state index contributed by atoms with van der Waals surface area (Å²) < 4.78 is 6.00. The molecule has 0 bridgehead atoms. The Bertz CT molecular complexity index is 1710. The lowest BCUT2D eigenvalue weighted by Gasteiger charge is -2.22. The number of thioether (sulfide) groups is 1. The van der Waals surface area contributed by atoms with Crippen LogP contribution in [0.5, 0.6) is 5.75 Å². The lowest BCUT2D eigenvalue weighted by molar-refractivity contribution is -0.138. The van der Waals surface area contributed by atoms with Crippen molar-refractivity contribution in [2.45, 2.75) is 49.6 Å². The molecule has 9 nitrogen and oxygen atoms in total. The first-order valence-electron chi connectivity index (χ1n) is 13.6. The number of carbonyl (C=O) groups is 2. The van der Waals surface area contributed by atoms with E-state index in [1.165, 1.54) is 0 Å². The second kappa shape index (κ2) is 12.1. The van der Waals surface area contributed by atoms with Crippen LogP contribution in [0.2, 0.25) is 0 Å². The molecule has 42 heavy (non-hydrogen) atoms. The predicted octanol–water partition coefficient (Wildman–Crippen LogP) is 5.66. The van der Waals surface area contributed by atoms with Gasteiger partial charge in [0.25, 0.3) is 0 Å². The summed E-state index contributed by atoms with van der Waals surface area (Å²) >= 11 is 1.10. The third-order valence-electron chi connectivity index (χ3n) is 7.14. The number of carboxylic acids is 1. The summed E-state index contributed by atoms with van der Waals surface area (Å²) in [6.07, 6.45) is 0.645. The fraction of sp³-hybridized carbons (Fsp3) is 0.250. The van der Waals surface area contributed by atoms with Crippen molar-refractivity contribution in [3.63, 3.8) is 0 Å². The molecule has 2 heterocycles. The number of fused-ring (bicyclic) bond motifs is 1. The van der Waals surface area contributed by atoms with Crippen molar-refractivity contribution in [2.24, 2.45) is 0 Å². The van der Waals surface area contributed by atoms with Gasteiger partial charge >= 0.3 is 5.97 Å². The first kappa shape index (κ1) is 28.9. The smallest absolute Gasteiger partial charge is 0.319 e. The van der Waals surface area contributed by atoms with E-state index in [2.05, 4.69) is 20.5 Å². The summed E-state index contributed by atoms with van der Waals surface area (Å²) in [5, 5.41) is 23.4. The number of nitrogens with zero attached hydrogens (tertiary/aromatic N) is 3. The molecule has 0 fully saturated rings. The largest absolute Gasteiger partial charge is 0.497 e. The minimum atomic E-state index is -1.17. The molecular weight excluding hydrogens is 550 g/mol. The zero-order chi connectivity index (χ0) is 29.9. The zero-order valence-electron chi connectivity index (χ0n) is 23.9. The minimum Gasteiger partial charge on any atom is -0.497 e. The Kier molecular flexibility index (Phi) is 8.35. The number of carboxylic acid groups (broad SMARTS) is 1. The van der Waals surface area contributed by atoms with E-state index in [9.17, 15) is 14.7 Å². The van der Waals surface area contributed by atoms with Gasteiger partial charge in [-0.25, -0.2) is 0 Å². The van der Waals surface area contributed by atoms with Gasteiger partial charge in [-0.2, -0.15) is 0 Å². The van der Waals surface area contributed by atoms with Crippen LogP contribution in [0.15, 0.2) is 84.0 Å². The molecular formula is C32H33N5O4S. The Labute approximate surface area is 248 Å². The number of aromatic nitrogens is 4. The van der Waals surface area contributed by atoms with Gasteiger partial charge in [0.2, 0.25) is 5.91 Å². The number of ether oxygens (including phenoxy) is 1. The molecule has 5 rings (SSSR count). The molecule has 3 N–H and O–H groups in total. The van der Waals surface area contributed by atoms with Gasteiger partial charge < -0.3 is 20.1 Å². The Hall–Kier alpha value is -4.57. The van der Waals surface area contributed by atoms with E-state index >= 15 is 0 Å². The highest BCUT2D eigenvalue weighted by atomic mass is 32.2. The molecule has 0 aliphatic carbocycles. The molecule has 0 saturated carbocycles. The number of benzene rings is 3. The first-order chi connectivity index (χ1) is 20.2. The lowest BCUT2D eigenvalue weighted by atomic mass is 10.0. The molecule has 10 heteroatoms. The number of carbonyl (C=O) groups excluding carboxylic acids is 1. The maximum absolute atomic E-state index is 13.7. The van der Waals surface area contributed by atoms with Crippen LogP contribution in [0.25, 0.3) is 16.6 Å². The van der Waals surface area contributed by atoms with E-state index in [0.717, 1.165) is 45.2 Å². The molecule has 0 unspecified atom stereocenters. The molecule has 1 atom stereocenters. The number of hydrogen-bond donors (Lipinski definition) is 3. The molecule has 0 aliphatic rings. The van der Waals surface area contributed by atoms with E-state index < -0.39 is 16.8 Å². The maximum Gasteiger partial charge on any atom is 0.319 e. The van der Waals surface area contributed by atoms with Gasteiger partial charge in [0.15, 0.2) is 11.0 Å². The van der Waals surface area contributed by atoms with Gasteiger partial charge in [-0.15, -0.1) is 10.2 Å². The molecule has 3 aromatic carbocycles. The van der Waals surface area contributed by atoms with Crippen molar-refractivity contribution in [1.82, 2.24) is 25.1 Å². The number of rotatable bonds is 11. The van der Waals surface area contributed by atoms with Crippen LogP contribution in [0.1, 0.15) is 42.5 Å². The number of methoxy groups -OCH3 is 1. The van der Waals surface area contributed by atoms with Crippen LogP contribution in [0.3, 0.4) is 0 Å². The number of H-pyrrole nitrogens is 1. The lowest BCUT2D eigenvalue weighted by Crippen LogP contribution is -2.33. The van der Waals surface area contributed by atoms with Crippen LogP contribution >= 0.6 is 11.8 Å². The second-order valence-electron chi connectivity index (χ2n) is 10.6. The van der Waals surface area contributed by atoms with Crippen LogP contribution in [0.4, 0.5) is 0 Å². The number of amides is 1. The van der Waals surface area contributed by atoms with Gasteiger partial charge in [0.1, 0.15) is 10.5 Å². The Morgan fingerprint density at radius 3 is 2.40 bits per heavy atom.